The number of likely N-dealkylation sites (N-methyl/N-ethyl adjacent to an activating group) is 1. The molecule has 0 saturated heterocycles. The highest BCUT2D eigenvalue weighted by atomic mass is 16.5. The van der Waals surface area contributed by atoms with Crippen molar-refractivity contribution in [3.05, 3.63) is 71.6 Å². The molecule has 6 nitrogen and oxygen atoms in total. The highest BCUT2D eigenvalue weighted by Crippen LogP contribution is 2.46. The number of H-pyrrole nitrogens is 1. The summed E-state index contributed by atoms with van der Waals surface area (Å²) in [6.45, 7) is 3.87. The van der Waals surface area contributed by atoms with Crippen LogP contribution in [0.25, 0.3) is 10.9 Å². The Hall–Kier alpha value is -3.41. The van der Waals surface area contributed by atoms with Gasteiger partial charge in [-0.05, 0) is 29.8 Å². The number of hydrogen-bond acceptors (Lipinski definition) is 5. The summed E-state index contributed by atoms with van der Waals surface area (Å²) in [5.41, 5.74) is 4.06. The molecule has 0 unspecified atom stereocenters. The number of aromatic amines is 1. The van der Waals surface area contributed by atoms with E-state index in [0.717, 1.165) is 22.3 Å². The number of ketones is 1. The normalized spacial score (nSPS) is 16.4. The van der Waals surface area contributed by atoms with Gasteiger partial charge >= 0.3 is 5.97 Å². The standard InChI is InChI=1S/C22H21N3O3/c1-22(2)17-6-4-5-7-19(17)25(3)20(22)11-16(26)13-28-21(27)14-8-9-18-15(10-14)12-23-24-18/h4-12H,13H2,1-3H3,(H,23,24)/b20-11-. The Bertz CT molecular complexity index is 1110. The molecule has 1 aliphatic heterocycles. The summed E-state index contributed by atoms with van der Waals surface area (Å²) in [4.78, 5) is 26.8. The first-order valence-corrected chi connectivity index (χ1v) is 9.06. The molecule has 2 aromatic carbocycles. The summed E-state index contributed by atoms with van der Waals surface area (Å²) in [6.07, 6.45) is 3.21. The molecule has 1 aromatic heterocycles. The van der Waals surface area contributed by atoms with Crippen LogP contribution in [0.5, 0.6) is 0 Å². The zero-order chi connectivity index (χ0) is 19.9. The van der Waals surface area contributed by atoms with Crippen molar-refractivity contribution in [2.24, 2.45) is 0 Å². The van der Waals surface area contributed by atoms with Gasteiger partial charge in [0, 0.05) is 35.3 Å². The molecule has 0 saturated carbocycles. The van der Waals surface area contributed by atoms with E-state index in [2.05, 4.69) is 30.1 Å². The number of para-hydroxylation sites is 1. The number of benzene rings is 2. The topological polar surface area (TPSA) is 75.3 Å². The smallest absolute Gasteiger partial charge is 0.338 e. The molecule has 142 valence electrons. The zero-order valence-corrected chi connectivity index (χ0v) is 16.0. The summed E-state index contributed by atoms with van der Waals surface area (Å²) < 4.78 is 5.22. The van der Waals surface area contributed by atoms with Gasteiger partial charge in [0.05, 0.1) is 17.3 Å². The number of carbonyl (C=O) groups excluding carboxylic acids is 2. The van der Waals surface area contributed by atoms with E-state index in [1.807, 2.05) is 30.1 Å². The molecule has 2 heterocycles. The predicted octanol–water partition coefficient (Wildman–Crippen LogP) is 3.60. The van der Waals surface area contributed by atoms with Crippen LogP contribution in [0.15, 0.2) is 60.4 Å². The minimum Gasteiger partial charge on any atom is -0.454 e. The highest BCUT2D eigenvalue weighted by molar-refractivity contribution is 5.98. The number of esters is 1. The van der Waals surface area contributed by atoms with Crippen molar-refractivity contribution >= 4 is 28.3 Å². The Kier molecular flexibility index (Phi) is 4.26. The molecule has 4 rings (SSSR count). The first-order valence-electron chi connectivity index (χ1n) is 9.06. The molecular formula is C22H21N3O3. The summed E-state index contributed by atoms with van der Waals surface area (Å²) in [7, 11) is 1.94. The van der Waals surface area contributed by atoms with Crippen molar-refractivity contribution in [1.82, 2.24) is 10.2 Å². The van der Waals surface area contributed by atoms with Gasteiger partial charge in [0.25, 0.3) is 0 Å². The molecule has 6 heteroatoms. The molecule has 0 fully saturated rings. The molecule has 0 aliphatic carbocycles. The van der Waals surface area contributed by atoms with Gasteiger partial charge in [-0.2, -0.15) is 5.10 Å². The van der Waals surface area contributed by atoms with Crippen LogP contribution in [-0.2, 0) is 14.9 Å². The van der Waals surface area contributed by atoms with Crippen molar-refractivity contribution < 1.29 is 14.3 Å². The van der Waals surface area contributed by atoms with Crippen molar-refractivity contribution in [2.75, 3.05) is 18.6 Å². The molecule has 28 heavy (non-hydrogen) atoms. The fraction of sp³-hybridized carbons (Fsp3) is 0.227. The lowest BCUT2D eigenvalue weighted by Gasteiger charge is -2.23. The second-order valence-corrected chi connectivity index (χ2v) is 7.45. The van der Waals surface area contributed by atoms with E-state index >= 15 is 0 Å². The second kappa shape index (κ2) is 6.64. The van der Waals surface area contributed by atoms with Gasteiger partial charge in [-0.25, -0.2) is 4.79 Å². The van der Waals surface area contributed by atoms with E-state index in [1.165, 1.54) is 5.56 Å². The molecule has 0 amide bonds. The maximum atomic E-state index is 12.5. The number of aromatic nitrogens is 2. The Morgan fingerprint density at radius 1 is 1.21 bits per heavy atom. The lowest BCUT2D eigenvalue weighted by molar-refractivity contribution is -0.117. The van der Waals surface area contributed by atoms with Crippen LogP contribution < -0.4 is 4.90 Å². The van der Waals surface area contributed by atoms with Crippen LogP contribution in [0.2, 0.25) is 0 Å². The van der Waals surface area contributed by atoms with Crippen molar-refractivity contribution in [3.8, 4) is 0 Å². The third-order valence-electron chi connectivity index (χ3n) is 5.26. The summed E-state index contributed by atoms with van der Waals surface area (Å²) >= 11 is 0. The first kappa shape index (κ1) is 18.0. The Labute approximate surface area is 162 Å². The van der Waals surface area contributed by atoms with E-state index in [-0.39, 0.29) is 17.8 Å². The quantitative estimate of drug-likeness (QED) is 0.557. The van der Waals surface area contributed by atoms with Crippen molar-refractivity contribution in [1.29, 1.82) is 0 Å². The van der Waals surface area contributed by atoms with Crippen LogP contribution in [0.3, 0.4) is 0 Å². The van der Waals surface area contributed by atoms with E-state index in [9.17, 15) is 9.59 Å². The van der Waals surface area contributed by atoms with Gasteiger partial charge in [0.2, 0.25) is 0 Å². The van der Waals surface area contributed by atoms with Crippen LogP contribution >= 0.6 is 0 Å². The number of nitrogens with one attached hydrogen (secondary N) is 1. The molecule has 1 aliphatic rings. The number of rotatable bonds is 4. The van der Waals surface area contributed by atoms with Gasteiger partial charge in [0.1, 0.15) is 0 Å². The summed E-state index contributed by atoms with van der Waals surface area (Å²) in [6, 6.07) is 13.2. The minimum absolute atomic E-state index is 0.250. The molecule has 1 N–H and O–H groups in total. The first-order chi connectivity index (χ1) is 13.4. The molecule has 0 spiro atoms. The third kappa shape index (κ3) is 2.97. The van der Waals surface area contributed by atoms with Gasteiger partial charge in [0.15, 0.2) is 12.4 Å². The van der Waals surface area contributed by atoms with E-state index in [4.69, 9.17) is 4.74 Å². The van der Waals surface area contributed by atoms with Crippen LogP contribution in [0, 0.1) is 0 Å². The lowest BCUT2D eigenvalue weighted by atomic mass is 9.83. The van der Waals surface area contributed by atoms with E-state index < -0.39 is 5.97 Å². The molecule has 0 atom stereocenters. The number of fused-ring (bicyclic) bond motifs is 2. The number of nitrogens with zero attached hydrogens (tertiary/aromatic N) is 2. The Morgan fingerprint density at radius 2 is 2.00 bits per heavy atom. The van der Waals surface area contributed by atoms with Crippen LogP contribution in [-0.4, -0.2) is 35.6 Å². The third-order valence-corrected chi connectivity index (χ3v) is 5.26. The van der Waals surface area contributed by atoms with Crippen LogP contribution in [0.1, 0.15) is 29.8 Å². The number of ether oxygens (including phenoxy) is 1. The number of allylic oxidation sites excluding steroid dienone is 1. The molecule has 0 bridgehead atoms. The molecule has 3 aromatic rings. The fourth-order valence-electron chi connectivity index (χ4n) is 3.74. The maximum absolute atomic E-state index is 12.5. The Balaban J connectivity index is 1.47. The SMILES string of the molecule is CN1/C(=C\C(=O)COC(=O)c2ccc3[nH]ncc3c2)C(C)(C)c2ccccc21. The summed E-state index contributed by atoms with van der Waals surface area (Å²) in [5.74, 6) is -0.780. The predicted molar refractivity (Wildman–Crippen MR) is 107 cm³/mol. The average molecular weight is 375 g/mol. The van der Waals surface area contributed by atoms with Crippen molar-refractivity contribution in [2.45, 2.75) is 19.3 Å². The molecular weight excluding hydrogens is 354 g/mol. The van der Waals surface area contributed by atoms with Gasteiger partial charge < -0.3 is 9.64 Å². The fourth-order valence-corrected chi connectivity index (χ4v) is 3.74. The van der Waals surface area contributed by atoms with Gasteiger partial charge in [-0.15, -0.1) is 0 Å². The lowest BCUT2D eigenvalue weighted by Crippen LogP contribution is -2.25. The number of carbonyl (C=O) groups is 2. The second-order valence-electron chi connectivity index (χ2n) is 7.45. The average Bonchev–Trinajstić information content (AvgIpc) is 3.23. The van der Waals surface area contributed by atoms with Gasteiger partial charge in [-0.3, -0.25) is 9.89 Å². The zero-order valence-electron chi connectivity index (χ0n) is 16.0. The number of hydrogen-bond donors (Lipinski definition) is 1. The monoisotopic (exact) mass is 375 g/mol. The van der Waals surface area contributed by atoms with E-state index in [1.54, 1.807) is 30.5 Å². The van der Waals surface area contributed by atoms with E-state index in [0.29, 0.717) is 5.56 Å². The van der Waals surface area contributed by atoms with Crippen molar-refractivity contribution in [3.63, 3.8) is 0 Å². The molecule has 0 radical (unpaired) electrons. The number of anilines is 1. The minimum atomic E-state index is -0.530. The van der Waals surface area contributed by atoms with Crippen LogP contribution in [0.4, 0.5) is 5.69 Å². The highest BCUT2D eigenvalue weighted by Gasteiger charge is 2.38. The summed E-state index contributed by atoms with van der Waals surface area (Å²) in [5, 5.41) is 7.57. The Morgan fingerprint density at radius 3 is 2.79 bits per heavy atom. The maximum Gasteiger partial charge on any atom is 0.338 e. The van der Waals surface area contributed by atoms with Gasteiger partial charge in [-0.1, -0.05) is 32.0 Å². The largest absolute Gasteiger partial charge is 0.454 e.